The van der Waals surface area contributed by atoms with Gasteiger partial charge in [-0.2, -0.15) is 0 Å². The Morgan fingerprint density at radius 1 is 0.875 bits per heavy atom. The number of H-pyrrole nitrogens is 1. The van der Waals surface area contributed by atoms with Crippen molar-refractivity contribution in [2.45, 2.75) is 95.9 Å². The number of nitrogens with one attached hydrogen (secondary N) is 1. The lowest BCUT2D eigenvalue weighted by atomic mass is 9.88. The number of hydrogen-bond acceptors (Lipinski definition) is 6. The van der Waals surface area contributed by atoms with Gasteiger partial charge in [0.25, 0.3) is 0 Å². The third-order valence-electron chi connectivity index (χ3n) is 11.6. The Kier molecular flexibility index (Phi) is 9.39. The minimum atomic E-state index is -0.600. The highest BCUT2D eigenvalue weighted by Crippen LogP contribution is 2.46. The van der Waals surface area contributed by atoms with E-state index < -0.39 is 5.41 Å². The molecule has 7 rings (SSSR count). The first-order chi connectivity index (χ1) is 23.1. The van der Waals surface area contributed by atoms with Crippen molar-refractivity contribution in [1.82, 2.24) is 24.6 Å². The summed E-state index contributed by atoms with van der Waals surface area (Å²) in [7, 11) is 3.57. The second kappa shape index (κ2) is 13.4. The van der Waals surface area contributed by atoms with E-state index in [1.165, 1.54) is 11.1 Å². The van der Waals surface area contributed by atoms with Crippen molar-refractivity contribution < 1.29 is 19.1 Å². The fourth-order valence-corrected chi connectivity index (χ4v) is 9.95. The highest BCUT2D eigenvalue weighted by Gasteiger charge is 2.47. The molecule has 260 valence electrons. The van der Waals surface area contributed by atoms with Crippen LogP contribution in [0.15, 0.2) is 24.3 Å². The number of aryl methyl sites for hydroxylation is 2. The second-order valence-electron chi connectivity index (χ2n) is 15.2. The van der Waals surface area contributed by atoms with Crippen LogP contribution in [0, 0.1) is 13.8 Å². The first-order valence-corrected chi connectivity index (χ1v) is 18.8. The summed E-state index contributed by atoms with van der Waals surface area (Å²) in [6.07, 6.45) is 6.47. The normalized spacial score (nSPS) is 23.1. The Hall–Kier alpha value is -2.92. The maximum absolute atomic E-state index is 14.1. The minimum absolute atomic E-state index is 0.154. The van der Waals surface area contributed by atoms with Gasteiger partial charge in [-0.1, -0.05) is 17.2 Å². The van der Waals surface area contributed by atoms with E-state index in [4.69, 9.17) is 9.47 Å². The molecule has 0 aliphatic carbocycles. The fourth-order valence-electron chi connectivity index (χ4n) is 8.78. The maximum Gasteiger partial charge on any atom is 0.320 e. The first-order valence-electron chi connectivity index (χ1n) is 18.0. The number of amides is 3. The van der Waals surface area contributed by atoms with Crippen LogP contribution in [0.2, 0.25) is 0 Å². The number of aromatic amines is 1. The van der Waals surface area contributed by atoms with Crippen LogP contribution in [0.4, 0.5) is 4.79 Å². The Morgan fingerprint density at radius 3 is 2.06 bits per heavy atom. The van der Waals surface area contributed by atoms with Gasteiger partial charge < -0.3 is 29.2 Å². The van der Waals surface area contributed by atoms with Crippen molar-refractivity contribution >= 4 is 33.5 Å². The molecule has 48 heavy (non-hydrogen) atoms. The first kappa shape index (κ1) is 33.6. The van der Waals surface area contributed by atoms with E-state index in [2.05, 4.69) is 66.7 Å². The van der Waals surface area contributed by atoms with Crippen LogP contribution in [0.1, 0.15) is 80.0 Å². The molecule has 0 radical (unpaired) electrons. The number of aromatic nitrogens is 1. The third kappa shape index (κ3) is 6.18. The Balaban J connectivity index is 1.14. The van der Waals surface area contributed by atoms with Crippen LogP contribution in [-0.4, -0.2) is 115 Å². The van der Waals surface area contributed by atoms with E-state index in [9.17, 15) is 9.59 Å². The van der Waals surface area contributed by atoms with Gasteiger partial charge in [0.2, 0.25) is 5.91 Å². The predicted octanol–water partition coefficient (Wildman–Crippen LogP) is 6.48. The van der Waals surface area contributed by atoms with Crippen molar-refractivity contribution in [2.24, 2.45) is 0 Å². The van der Waals surface area contributed by atoms with Crippen LogP contribution in [0.3, 0.4) is 0 Å². The average molecular weight is 676 g/mol. The number of thiophene rings is 1. The number of hydrogen-bond donors (Lipinski definition) is 1. The SMILES string of the molecule is COC1CCN(C(=O)N2CCN(CC(OC)c3c(-c4cc(C)cc(C)c4)[nH]c4sc(C(C)(C)C(=O)N5C6CCC5CC6)cc34)CC2)CC1. The topological polar surface area (TPSA) is 81.3 Å². The maximum atomic E-state index is 14.1. The van der Waals surface area contributed by atoms with Crippen molar-refractivity contribution in [1.29, 1.82) is 0 Å². The smallest absolute Gasteiger partial charge is 0.320 e. The quantitative estimate of drug-likeness (QED) is 0.296. The van der Waals surface area contributed by atoms with Crippen LogP contribution in [0.5, 0.6) is 0 Å². The van der Waals surface area contributed by atoms with Crippen LogP contribution in [0.25, 0.3) is 21.5 Å². The van der Waals surface area contributed by atoms with E-state index >= 15 is 0 Å². The van der Waals surface area contributed by atoms with Gasteiger partial charge >= 0.3 is 6.03 Å². The summed E-state index contributed by atoms with van der Waals surface area (Å²) in [6, 6.07) is 9.95. The van der Waals surface area contributed by atoms with E-state index in [0.29, 0.717) is 25.2 Å². The molecule has 0 saturated carbocycles. The summed E-state index contributed by atoms with van der Waals surface area (Å²) in [4.78, 5) is 42.1. The molecular formula is C38H53N5O4S. The van der Waals surface area contributed by atoms with Crippen molar-refractivity contribution in [3.05, 3.63) is 45.8 Å². The highest BCUT2D eigenvalue weighted by molar-refractivity contribution is 7.19. The number of likely N-dealkylation sites (tertiary alicyclic amines) is 1. The number of piperazine rings is 1. The van der Waals surface area contributed by atoms with Gasteiger partial charge in [0.1, 0.15) is 4.83 Å². The van der Waals surface area contributed by atoms with Gasteiger partial charge in [-0.05, 0) is 90.0 Å². The van der Waals surface area contributed by atoms with Gasteiger partial charge in [-0.3, -0.25) is 9.69 Å². The number of methoxy groups -OCH3 is 2. The largest absolute Gasteiger partial charge is 0.381 e. The number of piperidine rings is 1. The molecule has 0 spiro atoms. The molecule has 1 atom stereocenters. The molecule has 10 heteroatoms. The number of carbonyl (C=O) groups is 2. The molecule has 1 N–H and O–H groups in total. The second-order valence-corrected chi connectivity index (χ2v) is 16.2. The molecule has 4 saturated heterocycles. The van der Waals surface area contributed by atoms with E-state index in [1.807, 2.05) is 16.9 Å². The molecule has 1 unspecified atom stereocenters. The molecule has 4 aliphatic heterocycles. The highest BCUT2D eigenvalue weighted by atomic mass is 32.1. The lowest BCUT2D eigenvalue weighted by Crippen LogP contribution is -2.54. The zero-order valence-electron chi connectivity index (χ0n) is 29.6. The van der Waals surface area contributed by atoms with Gasteiger partial charge in [-0.15, -0.1) is 11.3 Å². The molecule has 3 aromatic rings. The molecule has 4 aliphatic rings. The zero-order chi connectivity index (χ0) is 33.7. The van der Waals surface area contributed by atoms with Gasteiger partial charge in [0.15, 0.2) is 0 Å². The van der Waals surface area contributed by atoms with Gasteiger partial charge in [-0.25, -0.2) is 4.79 Å². The van der Waals surface area contributed by atoms with E-state index in [0.717, 1.165) is 103 Å². The molecule has 6 heterocycles. The standard InChI is InChI=1S/C38H53N5O4S/c1-24-19-25(2)21-26(20-24)34-33(30-22-32(48-35(30)39-34)38(3,4)36(44)43-27-7-8-28(43)10-9-27)31(47-6)23-40-15-17-42(18-16-40)37(45)41-13-11-29(46-5)12-14-41/h19-22,27-29,31,39H,7-18,23H2,1-6H3. The van der Waals surface area contributed by atoms with Gasteiger partial charge in [0, 0.05) is 87.9 Å². The molecular weight excluding hydrogens is 623 g/mol. The number of fused-ring (bicyclic) bond motifs is 3. The van der Waals surface area contributed by atoms with E-state index in [1.54, 1.807) is 18.4 Å². The summed E-state index contributed by atoms with van der Waals surface area (Å²) in [5.41, 5.74) is 5.26. The Bertz CT molecular complexity index is 1610. The van der Waals surface area contributed by atoms with Crippen LogP contribution < -0.4 is 0 Å². The monoisotopic (exact) mass is 675 g/mol. The number of ether oxygens (including phenoxy) is 2. The minimum Gasteiger partial charge on any atom is -0.381 e. The molecule has 1 aromatic carbocycles. The summed E-state index contributed by atoms with van der Waals surface area (Å²) in [6.45, 7) is 13.8. The lowest BCUT2D eigenvalue weighted by molar-refractivity contribution is -0.137. The van der Waals surface area contributed by atoms with Crippen molar-refractivity contribution in [2.75, 3.05) is 60.0 Å². The predicted molar refractivity (Wildman–Crippen MR) is 192 cm³/mol. The zero-order valence-corrected chi connectivity index (χ0v) is 30.5. The number of carbonyl (C=O) groups excluding carboxylic acids is 2. The third-order valence-corrected chi connectivity index (χ3v) is 13.0. The molecule has 2 bridgehead atoms. The Labute approximate surface area is 289 Å². The van der Waals surface area contributed by atoms with Gasteiger partial charge in [0.05, 0.1) is 23.3 Å². The average Bonchev–Trinajstić information content (AvgIpc) is 3.87. The molecule has 3 amide bonds. The van der Waals surface area contributed by atoms with Crippen LogP contribution in [-0.2, 0) is 19.7 Å². The summed E-state index contributed by atoms with van der Waals surface area (Å²) in [5, 5.41) is 1.15. The Morgan fingerprint density at radius 2 is 1.48 bits per heavy atom. The molecule has 2 aromatic heterocycles. The summed E-state index contributed by atoms with van der Waals surface area (Å²) >= 11 is 1.72. The number of urea groups is 1. The molecule has 4 fully saturated rings. The number of benzene rings is 1. The van der Waals surface area contributed by atoms with Crippen molar-refractivity contribution in [3.8, 4) is 11.3 Å². The molecule has 9 nitrogen and oxygen atoms in total. The summed E-state index contributed by atoms with van der Waals surface area (Å²) in [5.74, 6) is 0.270. The van der Waals surface area contributed by atoms with Crippen molar-refractivity contribution in [3.63, 3.8) is 0 Å². The van der Waals surface area contributed by atoms with E-state index in [-0.39, 0.29) is 24.1 Å². The number of rotatable bonds is 8. The fraction of sp³-hybridized carbons (Fsp3) is 0.632. The van der Waals surface area contributed by atoms with Crippen LogP contribution >= 0.6 is 11.3 Å². The number of nitrogens with zero attached hydrogens (tertiary/aromatic N) is 4. The summed E-state index contributed by atoms with van der Waals surface area (Å²) < 4.78 is 11.8. The lowest BCUT2D eigenvalue weighted by Gasteiger charge is -2.40.